The van der Waals surface area contributed by atoms with Crippen molar-refractivity contribution in [2.45, 2.75) is 39.0 Å². The zero-order chi connectivity index (χ0) is 18.6. The zero-order valence-corrected chi connectivity index (χ0v) is 16.0. The molecule has 0 saturated heterocycles. The summed E-state index contributed by atoms with van der Waals surface area (Å²) in [7, 11) is 0. The van der Waals surface area contributed by atoms with E-state index in [9.17, 15) is 4.79 Å². The highest BCUT2D eigenvalue weighted by molar-refractivity contribution is 6.33. The Morgan fingerprint density at radius 2 is 1.85 bits per heavy atom. The highest BCUT2D eigenvalue weighted by Crippen LogP contribution is 2.20. The molecule has 140 valence electrons. The molecule has 0 aromatic heterocycles. The first-order chi connectivity index (χ1) is 12.7. The summed E-state index contributed by atoms with van der Waals surface area (Å²) in [6.07, 6.45) is 6.03. The van der Waals surface area contributed by atoms with Crippen molar-refractivity contribution in [3.8, 4) is 5.75 Å². The van der Waals surface area contributed by atoms with Crippen molar-refractivity contribution in [2.75, 3.05) is 23.8 Å². The minimum Gasteiger partial charge on any atom is -0.494 e. The van der Waals surface area contributed by atoms with Crippen LogP contribution in [0.15, 0.2) is 48.5 Å². The number of rotatable bonds is 11. The molecule has 0 fully saturated rings. The van der Waals surface area contributed by atoms with Crippen molar-refractivity contribution < 1.29 is 9.53 Å². The minimum absolute atomic E-state index is 0.137. The molecule has 0 saturated carbocycles. The van der Waals surface area contributed by atoms with Gasteiger partial charge in [0, 0.05) is 11.8 Å². The Balaban J connectivity index is 1.75. The maximum Gasteiger partial charge on any atom is 0.243 e. The Hall–Kier alpha value is -2.20. The van der Waals surface area contributed by atoms with Crippen molar-refractivity contribution in [2.24, 2.45) is 0 Å². The van der Waals surface area contributed by atoms with E-state index in [1.165, 1.54) is 25.7 Å². The number of ether oxygens (including phenoxy) is 1. The maximum absolute atomic E-state index is 12.1. The van der Waals surface area contributed by atoms with Gasteiger partial charge < -0.3 is 15.4 Å². The molecule has 2 aromatic carbocycles. The topological polar surface area (TPSA) is 50.4 Å². The third kappa shape index (κ3) is 7.36. The van der Waals surface area contributed by atoms with Gasteiger partial charge in [0.05, 0.1) is 23.9 Å². The van der Waals surface area contributed by atoms with Gasteiger partial charge in [-0.2, -0.15) is 0 Å². The quantitative estimate of drug-likeness (QED) is 0.493. The monoisotopic (exact) mass is 374 g/mol. The number of carbonyl (C=O) groups is 1. The molecular weight excluding hydrogens is 348 g/mol. The van der Waals surface area contributed by atoms with Crippen LogP contribution < -0.4 is 15.4 Å². The first-order valence-electron chi connectivity index (χ1n) is 9.20. The Morgan fingerprint density at radius 3 is 2.65 bits per heavy atom. The summed E-state index contributed by atoms with van der Waals surface area (Å²) in [6, 6.07) is 14.8. The minimum atomic E-state index is -0.137. The SMILES string of the molecule is CCCCCCCOc1cccc(NC(=O)CNc2ccccc2Cl)c1. The first-order valence-corrected chi connectivity index (χ1v) is 9.58. The van der Waals surface area contributed by atoms with Gasteiger partial charge in [-0.05, 0) is 30.7 Å². The number of halogens is 1. The standard InChI is InChI=1S/C21H27ClN2O2/c1-2-3-4-5-8-14-26-18-11-9-10-17(15-18)24-21(25)16-23-20-13-7-6-12-19(20)22/h6-7,9-13,15,23H,2-5,8,14,16H2,1H3,(H,24,25). The highest BCUT2D eigenvalue weighted by atomic mass is 35.5. The van der Waals surface area contributed by atoms with E-state index in [-0.39, 0.29) is 12.5 Å². The molecule has 2 rings (SSSR count). The number of hydrogen-bond donors (Lipinski definition) is 2. The van der Waals surface area contributed by atoms with E-state index >= 15 is 0 Å². The molecule has 5 heteroatoms. The molecular formula is C21H27ClN2O2. The zero-order valence-electron chi connectivity index (χ0n) is 15.3. The van der Waals surface area contributed by atoms with Gasteiger partial charge in [0.1, 0.15) is 5.75 Å². The lowest BCUT2D eigenvalue weighted by atomic mass is 10.2. The van der Waals surface area contributed by atoms with E-state index in [0.29, 0.717) is 11.6 Å². The number of nitrogens with one attached hydrogen (secondary N) is 2. The van der Waals surface area contributed by atoms with Crippen LogP contribution in [0.3, 0.4) is 0 Å². The lowest BCUT2D eigenvalue weighted by molar-refractivity contribution is -0.114. The molecule has 26 heavy (non-hydrogen) atoms. The third-order valence-electron chi connectivity index (χ3n) is 3.95. The molecule has 0 heterocycles. The largest absolute Gasteiger partial charge is 0.494 e. The first kappa shape index (κ1) is 20.1. The average molecular weight is 375 g/mol. The Kier molecular flexibility index (Phi) is 8.84. The van der Waals surface area contributed by atoms with Gasteiger partial charge in [-0.1, -0.05) is 62.4 Å². The number of amides is 1. The van der Waals surface area contributed by atoms with Crippen LogP contribution in [0.25, 0.3) is 0 Å². The van der Waals surface area contributed by atoms with Crippen LogP contribution in [0.5, 0.6) is 5.75 Å². The van der Waals surface area contributed by atoms with Gasteiger partial charge in [0.25, 0.3) is 0 Å². The Bertz CT molecular complexity index is 691. The average Bonchev–Trinajstić information content (AvgIpc) is 2.64. The van der Waals surface area contributed by atoms with Gasteiger partial charge in [0.2, 0.25) is 5.91 Å². The molecule has 0 aliphatic carbocycles. The molecule has 0 radical (unpaired) electrons. The smallest absolute Gasteiger partial charge is 0.243 e. The Morgan fingerprint density at radius 1 is 1.04 bits per heavy atom. The second-order valence-corrected chi connectivity index (χ2v) is 6.58. The molecule has 4 nitrogen and oxygen atoms in total. The van der Waals surface area contributed by atoms with Gasteiger partial charge >= 0.3 is 0 Å². The molecule has 2 N–H and O–H groups in total. The van der Waals surface area contributed by atoms with Crippen molar-refractivity contribution in [3.63, 3.8) is 0 Å². The van der Waals surface area contributed by atoms with Gasteiger partial charge in [-0.25, -0.2) is 0 Å². The summed E-state index contributed by atoms with van der Waals surface area (Å²) in [5.74, 6) is 0.638. The summed E-state index contributed by atoms with van der Waals surface area (Å²) < 4.78 is 5.77. The lowest BCUT2D eigenvalue weighted by Gasteiger charge is -2.11. The fraction of sp³-hybridized carbons (Fsp3) is 0.381. The molecule has 0 spiro atoms. The number of para-hydroxylation sites is 1. The highest BCUT2D eigenvalue weighted by Gasteiger charge is 2.05. The van der Waals surface area contributed by atoms with E-state index in [4.69, 9.17) is 16.3 Å². The van der Waals surface area contributed by atoms with E-state index in [1.54, 1.807) is 6.07 Å². The predicted molar refractivity (Wildman–Crippen MR) is 109 cm³/mol. The van der Waals surface area contributed by atoms with Crippen molar-refractivity contribution in [1.29, 1.82) is 0 Å². The van der Waals surface area contributed by atoms with E-state index in [2.05, 4.69) is 17.6 Å². The second-order valence-electron chi connectivity index (χ2n) is 6.17. The van der Waals surface area contributed by atoms with Gasteiger partial charge in [0.15, 0.2) is 0 Å². The predicted octanol–water partition coefficient (Wildman–Crippen LogP) is 5.74. The van der Waals surface area contributed by atoms with Crippen molar-refractivity contribution in [1.82, 2.24) is 0 Å². The van der Waals surface area contributed by atoms with Crippen LogP contribution in [0.2, 0.25) is 5.02 Å². The van der Waals surface area contributed by atoms with Crippen LogP contribution in [0.4, 0.5) is 11.4 Å². The van der Waals surface area contributed by atoms with E-state index in [1.807, 2.05) is 42.5 Å². The fourth-order valence-corrected chi connectivity index (χ4v) is 2.75. The van der Waals surface area contributed by atoms with Gasteiger partial charge in [-0.3, -0.25) is 4.79 Å². The maximum atomic E-state index is 12.1. The second kappa shape index (κ2) is 11.4. The number of hydrogen-bond acceptors (Lipinski definition) is 3. The van der Waals surface area contributed by atoms with Crippen LogP contribution >= 0.6 is 11.6 Å². The summed E-state index contributed by atoms with van der Waals surface area (Å²) in [4.78, 5) is 12.1. The van der Waals surface area contributed by atoms with Gasteiger partial charge in [-0.15, -0.1) is 0 Å². The number of carbonyl (C=O) groups excluding carboxylic acids is 1. The molecule has 0 atom stereocenters. The summed E-state index contributed by atoms with van der Waals surface area (Å²) >= 11 is 6.07. The molecule has 0 aliphatic heterocycles. The third-order valence-corrected chi connectivity index (χ3v) is 4.28. The van der Waals surface area contributed by atoms with E-state index in [0.717, 1.165) is 23.5 Å². The van der Waals surface area contributed by atoms with Crippen LogP contribution in [0, 0.1) is 0 Å². The summed E-state index contributed by atoms with van der Waals surface area (Å²) in [6.45, 7) is 3.06. The number of benzene rings is 2. The molecule has 0 unspecified atom stereocenters. The van der Waals surface area contributed by atoms with Crippen LogP contribution in [-0.2, 0) is 4.79 Å². The van der Waals surface area contributed by atoms with Crippen molar-refractivity contribution in [3.05, 3.63) is 53.6 Å². The van der Waals surface area contributed by atoms with Crippen LogP contribution in [0.1, 0.15) is 39.0 Å². The fourth-order valence-electron chi connectivity index (χ4n) is 2.54. The van der Waals surface area contributed by atoms with Crippen LogP contribution in [-0.4, -0.2) is 19.1 Å². The van der Waals surface area contributed by atoms with E-state index < -0.39 is 0 Å². The summed E-state index contributed by atoms with van der Waals surface area (Å²) in [5.41, 5.74) is 1.46. The number of anilines is 2. The molecule has 2 aromatic rings. The molecule has 1 amide bonds. The number of unbranched alkanes of at least 4 members (excludes halogenated alkanes) is 4. The normalized spacial score (nSPS) is 10.4. The van der Waals surface area contributed by atoms with Crippen molar-refractivity contribution >= 4 is 28.9 Å². The lowest BCUT2D eigenvalue weighted by Crippen LogP contribution is -2.21. The Labute approximate surface area is 160 Å². The summed E-state index contributed by atoms with van der Waals surface area (Å²) in [5, 5.41) is 6.49. The molecule has 0 aliphatic rings. The molecule has 0 bridgehead atoms.